The largest absolute Gasteiger partial charge is 0.367 e. The first-order valence-corrected chi connectivity index (χ1v) is 6.46. The van der Waals surface area contributed by atoms with Crippen LogP contribution < -0.4 is 5.32 Å². The van der Waals surface area contributed by atoms with Gasteiger partial charge in [0.25, 0.3) is 0 Å². The van der Waals surface area contributed by atoms with Crippen LogP contribution in [0.2, 0.25) is 0 Å². The fraction of sp³-hybridized carbons (Fsp3) is 0.556. The van der Waals surface area contributed by atoms with Crippen molar-refractivity contribution < 1.29 is 8.42 Å². The van der Waals surface area contributed by atoms with E-state index in [1.54, 1.807) is 12.4 Å². The molecular formula is C9H16N4O2S. The Morgan fingerprint density at radius 1 is 1.31 bits per heavy atom. The Morgan fingerprint density at radius 3 is 2.50 bits per heavy atom. The van der Waals surface area contributed by atoms with E-state index in [-0.39, 0.29) is 5.75 Å². The number of anilines is 1. The second-order valence-electron chi connectivity index (χ2n) is 3.52. The minimum atomic E-state index is -3.16. The number of rotatable bonds is 5. The molecule has 1 aromatic heterocycles. The SMILES string of the molecule is Cc1nccnc1NCCS(=O)(=O)N(C)C. The van der Waals surface area contributed by atoms with E-state index in [0.29, 0.717) is 12.4 Å². The van der Waals surface area contributed by atoms with Crippen LogP contribution in [-0.4, -0.2) is 49.1 Å². The molecule has 0 saturated heterocycles. The summed E-state index contributed by atoms with van der Waals surface area (Å²) in [6, 6.07) is 0. The highest BCUT2D eigenvalue weighted by Crippen LogP contribution is 2.05. The second kappa shape index (κ2) is 5.22. The van der Waals surface area contributed by atoms with Crippen LogP contribution in [0.4, 0.5) is 5.82 Å². The van der Waals surface area contributed by atoms with Crippen LogP contribution in [0.25, 0.3) is 0 Å². The summed E-state index contributed by atoms with van der Waals surface area (Å²) in [6.07, 6.45) is 3.16. The molecule has 0 aromatic carbocycles. The normalized spacial score (nSPS) is 11.8. The second-order valence-corrected chi connectivity index (χ2v) is 5.82. The molecule has 16 heavy (non-hydrogen) atoms. The lowest BCUT2D eigenvalue weighted by Crippen LogP contribution is -2.28. The Balaban J connectivity index is 2.52. The Morgan fingerprint density at radius 2 is 1.94 bits per heavy atom. The van der Waals surface area contributed by atoms with E-state index in [0.717, 1.165) is 5.69 Å². The summed E-state index contributed by atoms with van der Waals surface area (Å²) in [7, 11) is -0.125. The predicted molar refractivity (Wildman–Crippen MR) is 62.7 cm³/mol. The van der Waals surface area contributed by atoms with E-state index in [2.05, 4.69) is 15.3 Å². The van der Waals surface area contributed by atoms with Gasteiger partial charge in [-0.1, -0.05) is 0 Å². The molecular weight excluding hydrogens is 228 g/mol. The lowest BCUT2D eigenvalue weighted by atomic mass is 10.4. The highest BCUT2D eigenvalue weighted by molar-refractivity contribution is 7.89. The average Bonchev–Trinajstić information content (AvgIpc) is 2.20. The van der Waals surface area contributed by atoms with Gasteiger partial charge in [-0.15, -0.1) is 0 Å². The molecule has 1 N–H and O–H groups in total. The quantitative estimate of drug-likeness (QED) is 0.794. The summed E-state index contributed by atoms with van der Waals surface area (Å²) in [5.74, 6) is 0.659. The van der Waals surface area contributed by atoms with Crippen molar-refractivity contribution in [3.63, 3.8) is 0 Å². The van der Waals surface area contributed by atoms with Crippen molar-refractivity contribution in [2.45, 2.75) is 6.92 Å². The molecule has 6 nitrogen and oxygen atoms in total. The van der Waals surface area contributed by atoms with E-state index >= 15 is 0 Å². The van der Waals surface area contributed by atoms with Gasteiger partial charge in [0.1, 0.15) is 5.82 Å². The molecule has 0 aliphatic rings. The molecule has 1 aromatic rings. The Kier molecular flexibility index (Phi) is 4.19. The smallest absolute Gasteiger partial charge is 0.215 e. The van der Waals surface area contributed by atoms with Gasteiger partial charge in [-0.25, -0.2) is 17.7 Å². The Hall–Kier alpha value is -1.21. The van der Waals surface area contributed by atoms with Gasteiger partial charge in [-0.3, -0.25) is 4.98 Å². The summed E-state index contributed by atoms with van der Waals surface area (Å²) in [6.45, 7) is 2.13. The molecule has 0 fully saturated rings. The lowest BCUT2D eigenvalue weighted by molar-refractivity contribution is 0.521. The third kappa shape index (κ3) is 3.42. The van der Waals surface area contributed by atoms with Crippen LogP contribution in [0.3, 0.4) is 0 Å². The molecule has 0 amide bonds. The van der Waals surface area contributed by atoms with Gasteiger partial charge in [-0.2, -0.15) is 0 Å². The Labute approximate surface area is 95.8 Å². The van der Waals surface area contributed by atoms with Crippen LogP contribution >= 0.6 is 0 Å². The molecule has 1 rings (SSSR count). The molecule has 0 unspecified atom stereocenters. The first kappa shape index (κ1) is 12.9. The number of nitrogens with zero attached hydrogens (tertiary/aromatic N) is 3. The first-order chi connectivity index (χ1) is 7.43. The first-order valence-electron chi connectivity index (χ1n) is 4.85. The van der Waals surface area contributed by atoms with Crippen LogP contribution in [-0.2, 0) is 10.0 Å². The van der Waals surface area contributed by atoms with Crippen molar-refractivity contribution in [1.82, 2.24) is 14.3 Å². The highest BCUT2D eigenvalue weighted by Gasteiger charge is 2.12. The maximum atomic E-state index is 11.5. The van der Waals surface area contributed by atoms with Gasteiger partial charge in [0, 0.05) is 33.0 Å². The van der Waals surface area contributed by atoms with E-state index in [9.17, 15) is 8.42 Å². The number of hydrogen-bond acceptors (Lipinski definition) is 5. The van der Waals surface area contributed by atoms with Crippen molar-refractivity contribution in [3.8, 4) is 0 Å². The highest BCUT2D eigenvalue weighted by atomic mass is 32.2. The summed E-state index contributed by atoms with van der Waals surface area (Å²) in [4.78, 5) is 8.11. The molecule has 0 atom stereocenters. The molecule has 0 radical (unpaired) electrons. The van der Waals surface area contributed by atoms with Gasteiger partial charge in [-0.05, 0) is 6.92 Å². The van der Waals surface area contributed by atoms with Crippen molar-refractivity contribution in [1.29, 1.82) is 0 Å². The molecule has 0 aliphatic heterocycles. The minimum absolute atomic E-state index is 0.0377. The number of sulfonamides is 1. The van der Waals surface area contributed by atoms with Crippen LogP contribution in [0.5, 0.6) is 0 Å². The summed E-state index contributed by atoms with van der Waals surface area (Å²) < 4.78 is 24.1. The van der Waals surface area contributed by atoms with E-state index < -0.39 is 10.0 Å². The van der Waals surface area contributed by atoms with Crippen LogP contribution in [0, 0.1) is 6.92 Å². The van der Waals surface area contributed by atoms with Gasteiger partial charge < -0.3 is 5.32 Å². The monoisotopic (exact) mass is 244 g/mol. The van der Waals surface area contributed by atoms with Crippen molar-refractivity contribution >= 4 is 15.8 Å². The fourth-order valence-corrected chi connectivity index (χ4v) is 1.79. The van der Waals surface area contributed by atoms with Crippen LogP contribution in [0.15, 0.2) is 12.4 Å². The Bertz CT molecular complexity index is 445. The topological polar surface area (TPSA) is 75.2 Å². The number of hydrogen-bond donors (Lipinski definition) is 1. The summed E-state index contributed by atoms with van der Waals surface area (Å²) in [5.41, 5.74) is 0.754. The molecule has 0 bridgehead atoms. The molecule has 90 valence electrons. The van der Waals surface area contributed by atoms with Crippen molar-refractivity contribution in [3.05, 3.63) is 18.1 Å². The van der Waals surface area contributed by atoms with Gasteiger partial charge in [0.05, 0.1) is 11.4 Å². The zero-order chi connectivity index (χ0) is 12.2. The maximum Gasteiger partial charge on any atom is 0.215 e. The lowest BCUT2D eigenvalue weighted by Gasteiger charge is -2.12. The standard InChI is InChI=1S/C9H16N4O2S/c1-8-9(11-5-4-10-8)12-6-7-16(14,15)13(2)3/h4-5H,6-7H2,1-3H3,(H,11,12). The third-order valence-corrected chi connectivity index (χ3v) is 3.92. The number of nitrogens with one attached hydrogen (secondary N) is 1. The van der Waals surface area contributed by atoms with Gasteiger partial charge in [0.2, 0.25) is 10.0 Å². The summed E-state index contributed by atoms with van der Waals surface area (Å²) >= 11 is 0. The van der Waals surface area contributed by atoms with Crippen molar-refractivity contribution in [2.75, 3.05) is 31.7 Å². The molecule has 0 spiro atoms. The molecule has 0 saturated carbocycles. The molecule has 0 aliphatic carbocycles. The van der Waals surface area contributed by atoms with E-state index in [4.69, 9.17) is 0 Å². The average molecular weight is 244 g/mol. The fourth-order valence-electron chi connectivity index (χ4n) is 1.06. The van der Waals surface area contributed by atoms with E-state index in [1.807, 2.05) is 6.92 Å². The van der Waals surface area contributed by atoms with E-state index in [1.165, 1.54) is 18.4 Å². The maximum absolute atomic E-state index is 11.5. The molecule has 1 heterocycles. The zero-order valence-corrected chi connectivity index (χ0v) is 10.5. The van der Waals surface area contributed by atoms with Crippen LogP contribution in [0.1, 0.15) is 5.69 Å². The number of aromatic nitrogens is 2. The van der Waals surface area contributed by atoms with Crippen molar-refractivity contribution in [2.24, 2.45) is 0 Å². The number of aryl methyl sites for hydroxylation is 1. The predicted octanol–water partition coefficient (Wildman–Crippen LogP) is 0.0883. The zero-order valence-electron chi connectivity index (χ0n) is 9.64. The third-order valence-electron chi connectivity index (χ3n) is 2.09. The molecule has 7 heteroatoms. The van der Waals surface area contributed by atoms with Gasteiger partial charge >= 0.3 is 0 Å². The van der Waals surface area contributed by atoms with Gasteiger partial charge in [0.15, 0.2) is 0 Å². The summed E-state index contributed by atoms with van der Waals surface area (Å²) in [5, 5.41) is 2.94. The minimum Gasteiger partial charge on any atom is -0.367 e.